The number of rotatable bonds is 3. The number of halogens is 1. The Morgan fingerprint density at radius 1 is 1.44 bits per heavy atom. The first-order chi connectivity index (χ1) is 8.81. The van der Waals surface area contributed by atoms with Crippen LogP contribution in [0, 0.1) is 0 Å². The van der Waals surface area contributed by atoms with Gasteiger partial charge in [-0.2, -0.15) is 15.3 Å². The zero-order valence-corrected chi connectivity index (χ0v) is 11.5. The van der Waals surface area contributed by atoms with Crippen molar-refractivity contribution in [1.82, 2.24) is 24.9 Å². The zero-order chi connectivity index (χ0) is 12.4. The van der Waals surface area contributed by atoms with Gasteiger partial charge in [0.15, 0.2) is 0 Å². The summed E-state index contributed by atoms with van der Waals surface area (Å²) >= 11 is 3.43. The lowest BCUT2D eigenvalue weighted by Gasteiger charge is -2.15. The van der Waals surface area contributed by atoms with E-state index >= 15 is 0 Å². The third kappa shape index (κ3) is 2.59. The molecule has 1 fully saturated rings. The van der Waals surface area contributed by atoms with Crippen LogP contribution in [-0.4, -0.2) is 38.0 Å². The number of hydrogen-bond acceptors (Lipinski definition) is 4. The second-order valence-corrected chi connectivity index (χ2v) is 5.45. The molecule has 2 aromatic rings. The first kappa shape index (κ1) is 11.8. The molecule has 0 bridgehead atoms. The normalized spacial score (nSPS) is 20.4. The fourth-order valence-electron chi connectivity index (χ4n) is 2.33. The van der Waals surface area contributed by atoms with Gasteiger partial charge in [-0.05, 0) is 34.5 Å². The Bertz CT molecular complexity index is 512. The summed E-state index contributed by atoms with van der Waals surface area (Å²) in [6, 6.07) is 4.42. The molecule has 0 amide bonds. The summed E-state index contributed by atoms with van der Waals surface area (Å²) < 4.78 is 3.08. The van der Waals surface area contributed by atoms with Crippen LogP contribution in [0.2, 0.25) is 0 Å². The quantitative estimate of drug-likeness (QED) is 0.868. The van der Waals surface area contributed by atoms with Crippen LogP contribution in [0.4, 0.5) is 0 Å². The summed E-state index contributed by atoms with van der Waals surface area (Å²) in [7, 11) is 0. The molecule has 18 heavy (non-hydrogen) atoms. The van der Waals surface area contributed by atoms with E-state index in [4.69, 9.17) is 0 Å². The summed E-state index contributed by atoms with van der Waals surface area (Å²) in [5.74, 6) is 0. The van der Waals surface area contributed by atoms with E-state index in [1.165, 1.54) is 0 Å². The van der Waals surface area contributed by atoms with Gasteiger partial charge < -0.3 is 0 Å². The molecule has 6 heteroatoms. The maximum absolute atomic E-state index is 4.35. The van der Waals surface area contributed by atoms with Crippen molar-refractivity contribution in [3.8, 4) is 0 Å². The number of aromatic nitrogens is 4. The number of likely N-dealkylation sites (tertiary alicyclic amines) is 1. The minimum absolute atomic E-state index is 0.466. The molecule has 0 N–H and O–H groups in total. The largest absolute Gasteiger partial charge is 0.295 e. The van der Waals surface area contributed by atoms with Crippen molar-refractivity contribution >= 4 is 15.9 Å². The predicted molar refractivity (Wildman–Crippen MR) is 70.9 cm³/mol. The van der Waals surface area contributed by atoms with Gasteiger partial charge in [0.2, 0.25) is 0 Å². The van der Waals surface area contributed by atoms with Crippen molar-refractivity contribution in [2.75, 3.05) is 13.1 Å². The molecule has 0 saturated carbocycles. The van der Waals surface area contributed by atoms with Crippen LogP contribution in [0.5, 0.6) is 0 Å². The molecule has 5 nitrogen and oxygen atoms in total. The van der Waals surface area contributed by atoms with Crippen molar-refractivity contribution in [2.45, 2.75) is 19.0 Å². The van der Waals surface area contributed by atoms with E-state index in [2.05, 4.69) is 36.1 Å². The van der Waals surface area contributed by atoms with Gasteiger partial charge in [0.25, 0.3) is 0 Å². The lowest BCUT2D eigenvalue weighted by molar-refractivity contribution is 0.307. The third-order valence-electron chi connectivity index (χ3n) is 3.20. The van der Waals surface area contributed by atoms with Crippen LogP contribution in [0.25, 0.3) is 0 Å². The molecule has 0 aliphatic carbocycles. The molecule has 0 spiro atoms. The average molecular weight is 308 g/mol. The van der Waals surface area contributed by atoms with Crippen LogP contribution >= 0.6 is 15.9 Å². The van der Waals surface area contributed by atoms with Crippen LogP contribution in [-0.2, 0) is 6.54 Å². The lowest BCUT2D eigenvalue weighted by atomic mass is 10.3. The van der Waals surface area contributed by atoms with E-state index in [0.29, 0.717) is 6.04 Å². The smallest absolute Gasteiger partial charge is 0.0771 e. The van der Waals surface area contributed by atoms with Crippen LogP contribution in [0.3, 0.4) is 0 Å². The van der Waals surface area contributed by atoms with Crippen molar-refractivity contribution in [3.05, 3.63) is 40.9 Å². The van der Waals surface area contributed by atoms with E-state index in [1.807, 2.05) is 29.2 Å². The second kappa shape index (κ2) is 5.16. The summed E-state index contributed by atoms with van der Waals surface area (Å²) in [6.45, 7) is 2.97. The highest BCUT2D eigenvalue weighted by Crippen LogP contribution is 2.23. The van der Waals surface area contributed by atoms with Gasteiger partial charge in [-0.3, -0.25) is 9.58 Å². The molecule has 1 atom stereocenters. The van der Waals surface area contributed by atoms with E-state index in [1.54, 1.807) is 6.20 Å². The predicted octanol–water partition coefficient (Wildman–Crippen LogP) is 1.88. The van der Waals surface area contributed by atoms with Gasteiger partial charge in [-0.25, -0.2) is 0 Å². The van der Waals surface area contributed by atoms with E-state index < -0.39 is 0 Å². The van der Waals surface area contributed by atoms with Crippen molar-refractivity contribution in [1.29, 1.82) is 0 Å². The Morgan fingerprint density at radius 3 is 3.11 bits per heavy atom. The molecule has 94 valence electrons. The van der Waals surface area contributed by atoms with Gasteiger partial charge in [0.1, 0.15) is 0 Å². The van der Waals surface area contributed by atoms with Crippen molar-refractivity contribution in [2.24, 2.45) is 0 Å². The third-order valence-corrected chi connectivity index (χ3v) is 3.61. The maximum atomic E-state index is 4.35. The van der Waals surface area contributed by atoms with Crippen molar-refractivity contribution in [3.63, 3.8) is 0 Å². The second-order valence-electron chi connectivity index (χ2n) is 4.53. The molecule has 2 aromatic heterocycles. The lowest BCUT2D eigenvalue weighted by Crippen LogP contribution is -2.22. The summed E-state index contributed by atoms with van der Waals surface area (Å²) in [6.07, 6.45) is 6.72. The number of nitrogens with zero attached hydrogens (tertiary/aromatic N) is 5. The highest BCUT2D eigenvalue weighted by atomic mass is 79.9. The van der Waals surface area contributed by atoms with Crippen molar-refractivity contribution < 1.29 is 0 Å². The summed E-state index contributed by atoms with van der Waals surface area (Å²) in [5.41, 5.74) is 1.03. The summed E-state index contributed by atoms with van der Waals surface area (Å²) in [5, 5.41) is 12.4. The molecule has 1 unspecified atom stereocenters. The van der Waals surface area contributed by atoms with Gasteiger partial charge >= 0.3 is 0 Å². The molecular formula is C12H14BrN5. The Morgan fingerprint density at radius 2 is 2.39 bits per heavy atom. The SMILES string of the molecule is Brc1cnn(C2CCN(Cc3cccnn3)C2)c1. The molecule has 1 saturated heterocycles. The van der Waals surface area contributed by atoms with Gasteiger partial charge in [0.05, 0.1) is 22.4 Å². The summed E-state index contributed by atoms with van der Waals surface area (Å²) in [4.78, 5) is 2.39. The Labute approximate surface area is 114 Å². The first-order valence-corrected chi connectivity index (χ1v) is 6.79. The van der Waals surface area contributed by atoms with E-state index in [9.17, 15) is 0 Å². The highest BCUT2D eigenvalue weighted by Gasteiger charge is 2.24. The highest BCUT2D eigenvalue weighted by molar-refractivity contribution is 9.10. The molecular weight excluding hydrogens is 294 g/mol. The fraction of sp³-hybridized carbons (Fsp3) is 0.417. The van der Waals surface area contributed by atoms with Crippen LogP contribution in [0.1, 0.15) is 18.2 Å². The average Bonchev–Trinajstić information content (AvgIpc) is 2.99. The topological polar surface area (TPSA) is 46.8 Å². The molecule has 0 radical (unpaired) electrons. The number of hydrogen-bond donors (Lipinski definition) is 0. The maximum Gasteiger partial charge on any atom is 0.0771 e. The molecule has 0 aromatic carbocycles. The monoisotopic (exact) mass is 307 g/mol. The van der Waals surface area contributed by atoms with E-state index in [0.717, 1.165) is 36.2 Å². The standard InChI is InChI=1S/C12H14BrN5/c13-10-6-15-18(7-10)12-3-5-17(9-12)8-11-2-1-4-14-16-11/h1-2,4,6-7,12H,3,5,8-9H2. The van der Waals surface area contributed by atoms with Crippen LogP contribution in [0.15, 0.2) is 35.2 Å². The molecule has 1 aliphatic rings. The Hall–Kier alpha value is -1.27. The molecule has 3 heterocycles. The molecule has 3 rings (SSSR count). The minimum atomic E-state index is 0.466. The van der Waals surface area contributed by atoms with Gasteiger partial charge in [-0.1, -0.05) is 0 Å². The van der Waals surface area contributed by atoms with Crippen LogP contribution < -0.4 is 0 Å². The van der Waals surface area contributed by atoms with Gasteiger partial charge in [0, 0.05) is 32.0 Å². The van der Waals surface area contributed by atoms with E-state index in [-0.39, 0.29) is 0 Å². The Kier molecular flexibility index (Phi) is 3.38. The van der Waals surface area contributed by atoms with Gasteiger partial charge in [-0.15, -0.1) is 0 Å². The Balaban J connectivity index is 1.62. The molecule has 1 aliphatic heterocycles. The fourth-order valence-corrected chi connectivity index (χ4v) is 2.63. The minimum Gasteiger partial charge on any atom is -0.295 e. The first-order valence-electron chi connectivity index (χ1n) is 6.00. The zero-order valence-electron chi connectivity index (χ0n) is 9.91.